The summed E-state index contributed by atoms with van der Waals surface area (Å²) in [5.41, 5.74) is 2.61. The highest BCUT2D eigenvalue weighted by molar-refractivity contribution is 5.94. The number of aromatic nitrogens is 2. The summed E-state index contributed by atoms with van der Waals surface area (Å²) in [4.78, 5) is 14.3. The predicted octanol–water partition coefficient (Wildman–Crippen LogP) is 4.18. The molecule has 0 saturated heterocycles. The van der Waals surface area contributed by atoms with Crippen molar-refractivity contribution in [3.05, 3.63) is 65.8 Å². The Balaban J connectivity index is 1.36. The fraction of sp³-hybridized carbons (Fsp3) is 0.286. The Hall–Kier alpha value is -3.02. The number of anilines is 1. The van der Waals surface area contributed by atoms with E-state index in [2.05, 4.69) is 10.2 Å². The number of carbonyl (C=O) groups excluding carboxylic acids is 1. The van der Waals surface area contributed by atoms with Crippen LogP contribution in [0.3, 0.4) is 0 Å². The van der Waals surface area contributed by atoms with Gasteiger partial charge in [-0.25, -0.2) is 4.39 Å². The first kappa shape index (κ1) is 17.4. The van der Waals surface area contributed by atoms with E-state index < -0.39 is 0 Å². The van der Waals surface area contributed by atoms with Gasteiger partial charge in [-0.1, -0.05) is 24.3 Å². The molecule has 3 aromatic rings. The number of amides is 1. The van der Waals surface area contributed by atoms with Crippen molar-refractivity contribution < 1.29 is 13.6 Å². The molecule has 5 nitrogen and oxygen atoms in total. The van der Waals surface area contributed by atoms with E-state index in [1.807, 2.05) is 30.3 Å². The predicted molar refractivity (Wildman–Crippen MR) is 99.7 cm³/mol. The second kappa shape index (κ2) is 7.70. The number of hydrogen-bond donors (Lipinski definition) is 0. The van der Waals surface area contributed by atoms with Crippen LogP contribution in [0.25, 0.3) is 11.5 Å². The van der Waals surface area contributed by atoms with E-state index in [1.165, 1.54) is 12.1 Å². The number of rotatable bonds is 5. The van der Waals surface area contributed by atoms with Gasteiger partial charge < -0.3 is 9.32 Å². The molecular formula is C21H20FN3O2. The molecule has 0 spiro atoms. The van der Waals surface area contributed by atoms with E-state index in [0.717, 1.165) is 24.0 Å². The smallest absolute Gasteiger partial charge is 0.247 e. The first-order valence-corrected chi connectivity index (χ1v) is 9.17. The first-order chi connectivity index (χ1) is 13.2. The minimum Gasteiger partial charge on any atom is -0.421 e. The van der Waals surface area contributed by atoms with Crippen molar-refractivity contribution in [2.75, 3.05) is 11.4 Å². The van der Waals surface area contributed by atoms with Crippen molar-refractivity contribution in [3.63, 3.8) is 0 Å². The molecule has 0 unspecified atom stereocenters. The van der Waals surface area contributed by atoms with Crippen molar-refractivity contribution in [3.8, 4) is 11.5 Å². The zero-order valence-electron chi connectivity index (χ0n) is 14.9. The number of carbonyl (C=O) groups is 1. The van der Waals surface area contributed by atoms with Crippen LogP contribution >= 0.6 is 0 Å². The molecule has 138 valence electrons. The molecule has 0 atom stereocenters. The van der Waals surface area contributed by atoms with Gasteiger partial charge in [-0.2, -0.15) is 0 Å². The molecule has 27 heavy (non-hydrogen) atoms. The zero-order valence-corrected chi connectivity index (χ0v) is 14.9. The molecule has 0 aliphatic carbocycles. The van der Waals surface area contributed by atoms with Crippen LogP contribution in [-0.2, 0) is 17.6 Å². The molecule has 1 aliphatic rings. The maximum absolute atomic E-state index is 13.6. The normalized spacial score (nSPS) is 13.4. The van der Waals surface area contributed by atoms with Gasteiger partial charge >= 0.3 is 0 Å². The minimum atomic E-state index is -0.312. The third-order valence-corrected chi connectivity index (χ3v) is 4.74. The third kappa shape index (κ3) is 3.89. The summed E-state index contributed by atoms with van der Waals surface area (Å²) in [6.45, 7) is 0.633. The lowest BCUT2D eigenvalue weighted by molar-refractivity contribution is -0.118. The van der Waals surface area contributed by atoms with Crippen molar-refractivity contribution >= 4 is 11.6 Å². The SMILES string of the molecule is O=C(CCCc1nnc(-c2ccccc2)o1)N1CCCc2ccc(F)cc21. The fourth-order valence-corrected chi connectivity index (χ4v) is 3.38. The molecular weight excluding hydrogens is 345 g/mol. The average Bonchev–Trinajstić information content (AvgIpc) is 3.17. The second-order valence-corrected chi connectivity index (χ2v) is 6.64. The van der Waals surface area contributed by atoms with E-state index in [9.17, 15) is 9.18 Å². The highest BCUT2D eigenvalue weighted by Crippen LogP contribution is 2.28. The number of halogens is 1. The molecule has 6 heteroatoms. The lowest BCUT2D eigenvalue weighted by atomic mass is 10.0. The molecule has 0 saturated carbocycles. The minimum absolute atomic E-state index is 0.00403. The van der Waals surface area contributed by atoms with Crippen LogP contribution < -0.4 is 4.90 Å². The summed E-state index contributed by atoms with van der Waals surface area (Å²) < 4.78 is 19.3. The Morgan fingerprint density at radius 3 is 2.85 bits per heavy atom. The Labute approximate surface area is 156 Å². The van der Waals surface area contributed by atoms with Gasteiger partial charge in [-0.15, -0.1) is 10.2 Å². The van der Waals surface area contributed by atoms with Gasteiger partial charge in [-0.3, -0.25) is 4.79 Å². The van der Waals surface area contributed by atoms with Gasteiger partial charge in [0, 0.05) is 30.6 Å². The molecule has 2 heterocycles. The summed E-state index contributed by atoms with van der Waals surface area (Å²) in [7, 11) is 0. The summed E-state index contributed by atoms with van der Waals surface area (Å²) in [5.74, 6) is 0.696. The van der Waals surface area contributed by atoms with Gasteiger partial charge in [0.15, 0.2) is 0 Å². The quantitative estimate of drug-likeness (QED) is 0.681. The molecule has 4 rings (SSSR count). The number of nitrogens with zero attached hydrogens (tertiary/aromatic N) is 3. The lowest BCUT2D eigenvalue weighted by Crippen LogP contribution is -2.35. The number of benzene rings is 2. The maximum Gasteiger partial charge on any atom is 0.247 e. The van der Waals surface area contributed by atoms with Crippen molar-refractivity contribution in [2.24, 2.45) is 0 Å². The Morgan fingerprint density at radius 2 is 2.00 bits per heavy atom. The van der Waals surface area contributed by atoms with E-state index in [0.29, 0.717) is 43.3 Å². The highest BCUT2D eigenvalue weighted by Gasteiger charge is 2.22. The van der Waals surface area contributed by atoms with Crippen LogP contribution in [0.2, 0.25) is 0 Å². The standard InChI is InChI=1S/C21H20FN3O2/c22-17-12-11-15-8-5-13-25(18(15)14-17)20(26)10-4-9-19-23-24-21(27-19)16-6-2-1-3-7-16/h1-3,6-7,11-12,14H,4-5,8-10,13H2. The van der Waals surface area contributed by atoms with Gasteiger partial charge in [0.1, 0.15) is 5.82 Å². The summed E-state index contributed by atoms with van der Waals surface area (Å²) in [6, 6.07) is 14.3. The topological polar surface area (TPSA) is 59.2 Å². The van der Waals surface area contributed by atoms with Gasteiger partial charge in [0.05, 0.1) is 0 Å². The molecule has 0 bridgehead atoms. The Bertz CT molecular complexity index is 940. The second-order valence-electron chi connectivity index (χ2n) is 6.64. The molecule has 0 fully saturated rings. The Morgan fingerprint density at radius 1 is 1.15 bits per heavy atom. The molecule has 1 aliphatic heterocycles. The van der Waals surface area contributed by atoms with Gasteiger partial charge in [-0.05, 0) is 49.1 Å². The lowest BCUT2D eigenvalue weighted by Gasteiger charge is -2.29. The summed E-state index contributed by atoms with van der Waals surface area (Å²) >= 11 is 0. The number of hydrogen-bond acceptors (Lipinski definition) is 4. The Kier molecular flexibility index (Phi) is 4.96. The zero-order chi connectivity index (χ0) is 18.6. The van der Waals surface area contributed by atoms with E-state index in [-0.39, 0.29) is 11.7 Å². The van der Waals surface area contributed by atoms with Gasteiger partial charge in [0.2, 0.25) is 17.7 Å². The maximum atomic E-state index is 13.6. The number of fused-ring (bicyclic) bond motifs is 1. The van der Waals surface area contributed by atoms with E-state index >= 15 is 0 Å². The van der Waals surface area contributed by atoms with Crippen molar-refractivity contribution in [1.82, 2.24) is 10.2 Å². The van der Waals surface area contributed by atoms with Crippen LogP contribution in [0.15, 0.2) is 52.9 Å². The van der Waals surface area contributed by atoms with Crippen LogP contribution in [0.5, 0.6) is 0 Å². The van der Waals surface area contributed by atoms with Crippen LogP contribution in [0.4, 0.5) is 10.1 Å². The molecule has 0 N–H and O–H groups in total. The van der Waals surface area contributed by atoms with Crippen LogP contribution in [0, 0.1) is 5.82 Å². The molecule has 0 radical (unpaired) electrons. The first-order valence-electron chi connectivity index (χ1n) is 9.17. The molecule has 1 amide bonds. The van der Waals surface area contributed by atoms with Crippen LogP contribution in [-0.4, -0.2) is 22.6 Å². The summed E-state index contributed by atoms with van der Waals surface area (Å²) in [5, 5.41) is 8.12. The van der Waals surface area contributed by atoms with Crippen molar-refractivity contribution in [2.45, 2.75) is 32.1 Å². The molecule has 1 aromatic heterocycles. The van der Waals surface area contributed by atoms with Crippen molar-refractivity contribution in [1.29, 1.82) is 0 Å². The summed E-state index contributed by atoms with van der Waals surface area (Å²) in [6.07, 6.45) is 3.28. The average molecular weight is 365 g/mol. The largest absolute Gasteiger partial charge is 0.421 e. The van der Waals surface area contributed by atoms with Crippen LogP contribution in [0.1, 0.15) is 30.7 Å². The highest BCUT2D eigenvalue weighted by atomic mass is 19.1. The third-order valence-electron chi connectivity index (χ3n) is 4.74. The molecule has 2 aromatic carbocycles. The van der Waals surface area contributed by atoms with E-state index in [1.54, 1.807) is 11.0 Å². The fourth-order valence-electron chi connectivity index (χ4n) is 3.38. The monoisotopic (exact) mass is 365 g/mol. The number of aryl methyl sites for hydroxylation is 2. The van der Waals surface area contributed by atoms with E-state index in [4.69, 9.17) is 4.42 Å². The van der Waals surface area contributed by atoms with Gasteiger partial charge in [0.25, 0.3) is 0 Å².